The molecule has 1 atom stereocenters. The van der Waals surface area contributed by atoms with Gasteiger partial charge in [0, 0.05) is 17.8 Å². The molecule has 0 aliphatic heterocycles. The Kier molecular flexibility index (Phi) is 3.99. The lowest BCUT2D eigenvalue weighted by atomic mass is 9.96. The van der Waals surface area contributed by atoms with Crippen molar-refractivity contribution in [3.63, 3.8) is 0 Å². The molecule has 6 nitrogen and oxygen atoms in total. The van der Waals surface area contributed by atoms with Crippen molar-refractivity contribution < 1.29 is 14.1 Å². The SMILES string of the molecule is O=CC(c1ccnc(Cl)n1)c1cccc([N+](=O)[O-])c1F. The number of hydrogen-bond acceptors (Lipinski definition) is 5. The Morgan fingerprint density at radius 1 is 1.40 bits per heavy atom. The minimum atomic E-state index is -1.09. The van der Waals surface area contributed by atoms with Gasteiger partial charge in [-0.05, 0) is 17.7 Å². The van der Waals surface area contributed by atoms with Gasteiger partial charge in [0.15, 0.2) is 0 Å². The van der Waals surface area contributed by atoms with Gasteiger partial charge < -0.3 is 4.79 Å². The summed E-state index contributed by atoms with van der Waals surface area (Å²) in [6, 6.07) is 5.00. The molecule has 102 valence electrons. The van der Waals surface area contributed by atoms with Gasteiger partial charge >= 0.3 is 5.69 Å². The van der Waals surface area contributed by atoms with E-state index < -0.39 is 22.3 Å². The van der Waals surface area contributed by atoms with Crippen molar-refractivity contribution in [1.82, 2.24) is 9.97 Å². The summed E-state index contributed by atoms with van der Waals surface area (Å²) in [5.74, 6) is -2.15. The van der Waals surface area contributed by atoms with E-state index in [4.69, 9.17) is 11.6 Å². The fraction of sp³-hybridized carbons (Fsp3) is 0.0833. The third-order valence-electron chi connectivity index (χ3n) is 2.64. The number of rotatable bonds is 4. The van der Waals surface area contributed by atoms with Crippen molar-refractivity contribution >= 4 is 23.6 Å². The number of carbonyl (C=O) groups excluding carboxylic acids is 1. The van der Waals surface area contributed by atoms with Gasteiger partial charge in [0.1, 0.15) is 6.29 Å². The van der Waals surface area contributed by atoms with Crippen molar-refractivity contribution in [2.45, 2.75) is 5.92 Å². The van der Waals surface area contributed by atoms with E-state index in [1.807, 2.05) is 0 Å². The molecule has 1 aromatic heterocycles. The summed E-state index contributed by atoms with van der Waals surface area (Å²) in [4.78, 5) is 28.5. The molecule has 8 heteroatoms. The van der Waals surface area contributed by atoms with E-state index >= 15 is 0 Å². The number of aldehydes is 1. The van der Waals surface area contributed by atoms with E-state index in [1.165, 1.54) is 24.4 Å². The van der Waals surface area contributed by atoms with Crippen LogP contribution in [0.15, 0.2) is 30.5 Å². The van der Waals surface area contributed by atoms with Crippen LogP contribution in [0, 0.1) is 15.9 Å². The largest absolute Gasteiger partial charge is 0.305 e. The number of nitro benzene ring substituents is 1. The molecule has 0 saturated carbocycles. The lowest BCUT2D eigenvalue weighted by molar-refractivity contribution is -0.387. The number of carbonyl (C=O) groups is 1. The summed E-state index contributed by atoms with van der Waals surface area (Å²) in [7, 11) is 0. The molecule has 0 bridgehead atoms. The second-order valence-corrected chi connectivity index (χ2v) is 4.14. The van der Waals surface area contributed by atoms with Crippen LogP contribution in [0.25, 0.3) is 0 Å². The molecule has 0 N–H and O–H groups in total. The standard InChI is InChI=1S/C12H7ClFN3O3/c13-12-15-5-4-9(16-12)8(6-18)7-2-1-3-10(11(7)14)17(19)20/h1-6,8H. The molecule has 0 amide bonds. The van der Waals surface area contributed by atoms with Crippen LogP contribution in [0.5, 0.6) is 0 Å². The topological polar surface area (TPSA) is 86.0 Å². The molecule has 20 heavy (non-hydrogen) atoms. The number of hydrogen-bond donors (Lipinski definition) is 0. The van der Waals surface area contributed by atoms with Gasteiger partial charge in [0.25, 0.3) is 0 Å². The van der Waals surface area contributed by atoms with Crippen LogP contribution in [0.4, 0.5) is 10.1 Å². The maximum absolute atomic E-state index is 14.1. The van der Waals surface area contributed by atoms with Crippen molar-refractivity contribution in [3.05, 3.63) is 62.9 Å². The highest BCUT2D eigenvalue weighted by Gasteiger charge is 2.25. The molecule has 0 radical (unpaired) electrons. The zero-order valence-electron chi connectivity index (χ0n) is 9.86. The summed E-state index contributed by atoms with van der Waals surface area (Å²) in [5.41, 5.74) is -0.669. The number of nitrogens with zero attached hydrogens (tertiary/aromatic N) is 3. The van der Waals surface area contributed by atoms with Gasteiger partial charge in [-0.25, -0.2) is 9.97 Å². The van der Waals surface area contributed by atoms with Crippen LogP contribution in [-0.4, -0.2) is 21.2 Å². The Morgan fingerprint density at radius 2 is 2.15 bits per heavy atom. The summed E-state index contributed by atoms with van der Waals surface area (Å²) >= 11 is 5.61. The third kappa shape index (κ3) is 2.62. The lowest BCUT2D eigenvalue weighted by Crippen LogP contribution is -2.09. The van der Waals surface area contributed by atoms with Gasteiger partial charge in [-0.15, -0.1) is 0 Å². The normalized spacial score (nSPS) is 11.9. The fourth-order valence-corrected chi connectivity index (χ4v) is 1.90. The van der Waals surface area contributed by atoms with Crippen LogP contribution >= 0.6 is 11.6 Å². The number of nitro groups is 1. The van der Waals surface area contributed by atoms with Crippen LogP contribution in [0.1, 0.15) is 17.2 Å². The minimum Gasteiger partial charge on any atom is -0.302 e. The van der Waals surface area contributed by atoms with Crippen molar-refractivity contribution in [2.75, 3.05) is 0 Å². The first kappa shape index (κ1) is 14.0. The molecule has 2 aromatic rings. The predicted molar refractivity (Wildman–Crippen MR) is 68.0 cm³/mol. The highest BCUT2D eigenvalue weighted by Crippen LogP contribution is 2.29. The second-order valence-electron chi connectivity index (χ2n) is 3.80. The van der Waals surface area contributed by atoms with Gasteiger partial charge in [-0.2, -0.15) is 4.39 Å². The van der Waals surface area contributed by atoms with Crippen molar-refractivity contribution in [1.29, 1.82) is 0 Å². The van der Waals surface area contributed by atoms with E-state index in [0.29, 0.717) is 6.29 Å². The second kappa shape index (κ2) is 5.70. The highest BCUT2D eigenvalue weighted by molar-refractivity contribution is 6.28. The quantitative estimate of drug-likeness (QED) is 0.374. The number of halogens is 2. The highest BCUT2D eigenvalue weighted by atomic mass is 35.5. The zero-order chi connectivity index (χ0) is 14.7. The Hall–Kier alpha value is -2.41. The van der Waals surface area contributed by atoms with Crippen LogP contribution in [-0.2, 0) is 4.79 Å². The molecule has 0 fully saturated rings. The molecule has 2 rings (SSSR count). The van der Waals surface area contributed by atoms with E-state index in [-0.39, 0.29) is 16.5 Å². The smallest absolute Gasteiger partial charge is 0.302 e. The first-order chi connectivity index (χ1) is 9.54. The lowest BCUT2D eigenvalue weighted by Gasteiger charge is -2.11. The third-order valence-corrected chi connectivity index (χ3v) is 2.82. The summed E-state index contributed by atoms with van der Waals surface area (Å²) in [5, 5.41) is 10.6. The molecule has 1 unspecified atom stereocenters. The van der Waals surface area contributed by atoms with E-state index in [0.717, 1.165) is 6.07 Å². The monoisotopic (exact) mass is 295 g/mol. The van der Waals surface area contributed by atoms with Gasteiger partial charge in [-0.3, -0.25) is 10.1 Å². The molecule has 0 saturated heterocycles. The van der Waals surface area contributed by atoms with Crippen LogP contribution < -0.4 is 0 Å². The van der Waals surface area contributed by atoms with Crippen LogP contribution in [0.3, 0.4) is 0 Å². The van der Waals surface area contributed by atoms with E-state index in [1.54, 1.807) is 0 Å². The molecular weight excluding hydrogens is 289 g/mol. The predicted octanol–water partition coefficient (Wildman–Crippen LogP) is 2.51. The molecule has 0 spiro atoms. The van der Waals surface area contributed by atoms with E-state index in [2.05, 4.69) is 9.97 Å². The maximum Gasteiger partial charge on any atom is 0.305 e. The summed E-state index contributed by atoms with van der Waals surface area (Å²) < 4.78 is 14.1. The van der Waals surface area contributed by atoms with Crippen LogP contribution in [0.2, 0.25) is 5.28 Å². The molecular formula is C12H7ClFN3O3. The van der Waals surface area contributed by atoms with Gasteiger partial charge in [-0.1, -0.05) is 12.1 Å². The fourth-order valence-electron chi connectivity index (χ4n) is 1.74. The van der Waals surface area contributed by atoms with Gasteiger partial charge in [0.05, 0.1) is 16.5 Å². The van der Waals surface area contributed by atoms with E-state index in [9.17, 15) is 19.3 Å². The summed E-state index contributed by atoms with van der Waals surface area (Å²) in [6.07, 6.45) is 1.76. The maximum atomic E-state index is 14.1. The Bertz CT molecular complexity index is 681. The first-order valence-electron chi connectivity index (χ1n) is 5.41. The minimum absolute atomic E-state index is 0.0970. The summed E-state index contributed by atoms with van der Waals surface area (Å²) in [6.45, 7) is 0. The first-order valence-corrected chi connectivity index (χ1v) is 5.79. The van der Waals surface area contributed by atoms with Gasteiger partial charge in [0.2, 0.25) is 11.1 Å². The number of aromatic nitrogens is 2. The molecule has 1 heterocycles. The molecule has 1 aromatic carbocycles. The average Bonchev–Trinajstić information content (AvgIpc) is 2.41. The average molecular weight is 296 g/mol. The Labute approximate surface area is 117 Å². The number of benzene rings is 1. The van der Waals surface area contributed by atoms with Crippen molar-refractivity contribution in [2.24, 2.45) is 0 Å². The van der Waals surface area contributed by atoms with Crippen molar-refractivity contribution in [3.8, 4) is 0 Å². The molecule has 0 aliphatic carbocycles. The zero-order valence-corrected chi connectivity index (χ0v) is 10.6. The Balaban J connectivity index is 2.56. The molecule has 0 aliphatic rings. The Morgan fingerprint density at radius 3 is 2.75 bits per heavy atom.